The molecule has 0 atom stereocenters. The molecule has 6 heteroatoms. The van der Waals surface area contributed by atoms with Crippen LogP contribution in [0.15, 0.2) is 48.2 Å². The Morgan fingerprint density at radius 2 is 2.22 bits per heavy atom. The lowest BCUT2D eigenvalue weighted by Gasteiger charge is -2.17. The van der Waals surface area contributed by atoms with Gasteiger partial charge in [0, 0.05) is 24.9 Å². The molecular formula is C17H19BN2O3. The summed E-state index contributed by atoms with van der Waals surface area (Å²) in [7, 11) is 1.78. The van der Waals surface area contributed by atoms with Crippen LogP contribution in [-0.4, -0.2) is 32.6 Å². The van der Waals surface area contributed by atoms with Gasteiger partial charge in [-0.25, -0.2) is 10.1 Å². The predicted octanol–water partition coefficient (Wildman–Crippen LogP) is 1.72. The van der Waals surface area contributed by atoms with Crippen molar-refractivity contribution in [2.45, 2.75) is 13.7 Å². The maximum atomic E-state index is 11.9. The molecule has 0 bridgehead atoms. The van der Waals surface area contributed by atoms with Crippen LogP contribution in [-0.2, 0) is 14.3 Å². The molecule has 0 spiro atoms. The van der Waals surface area contributed by atoms with Crippen molar-refractivity contribution >= 4 is 30.1 Å². The molecule has 0 aromatic heterocycles. The molecule has 1 aromatic carbocycles. The van der Waals surface area contributed by atoms with Crippen molar-refractivity contribution in [1.82, 2.24) is 0 Å². The molecule has 0 aliphatic rings. The third-order valence-corrected chi connectivity index (χ3v) is 3.17. The van der Waals surface area contributed by atoms with Crippen molar-refractivity contribution < 1.29 is 14.3 Å². The molecule has 5 nitrogen and oxygen atoms in total. The van der Waals surface area contributed by atoms with Gasteiger partial charge in [0.15, 0.2) is 0 Å². The van der Waals surface area contributed by atoms with E-state index in [4.69, 9.17) is 10.00 Å². The Kier molecular flexibility index (Phi) is 7.35. The molecule has 0 saturated heterocycles. The van der Waals surface area contributed by atoms with Gasteiger partial charge in [0.2, 0.25) is 0 Å². The molecule has 0 radical (unpaired) electrons. The average Bonchev–Trinajstić information content (AvgIpc) is 2.57. The highest BCUT2D eigenvalue weighted by atomic mass is 16.5. The third kappa shape index (κ3) is 5.48. The lowest BCUT2D eigenvalue weighted by molar-refractivity contribution is -0.138. The standard InChI is InChI=1S/C17H19BN2O3/c1-4-23-17(22)14(7-6-10-21)12-20(3)16-9-5-8-15(11-16)18(2)13-19/h5-12H,4H2,1-3H3/b7-6-,14-12+. The molecule has 118 valence electrons. The lowest BCUT2D eigenvalue weighted by atomic mass is 9.49. The summed E-state index contributed by atoms with van der Waals surface area (Å²) in [6, 6.07) is 7.49. The van der Waals surface area contributed by atoms with Crippen LogP contribution in [0.3, 0.4) is 0 Å². The molecule has 0 unspecified atom stereocenters. The Hall–Kier alpha value is -2.81. The van der Waals surface area contributed by atoms with Gasteiger partial charge in [-0.05, 0) is 31.2 Å². The molecule has 0 saturated carbocycles. The van der Waals surface area contributed by atoms with Crippen LogP contribution in [0, 0.1) is 11.2 Å². The van der Waals surface area contributed by atoms with Crippen LogP contribution in [0.25, 0.3) is 0 Å². The van der Waals surface area contributed by atoms with Crippen molar-refractivity contribution in [3.05, 3.63) is 48.2 Å². The fraction of sp³-hybridized carbons (Fsp3) is 0.235. The average molecular weight is 310 g/mol. The largest absolute Gasteiger partial charge is 0.462 e. The minimum Gasteiger partial charge on any atom is -0.462 e. The highest BCUT2D eigenvalue weighted by Gasteiger charge is 2.12. The van der Waals surface area contributed by atoms with Gasteiger partial charge in [-0.15, -0.1) is 0 Å². The van der Waals surface area contributed by atoms with Gasteiger partial charge in [0.25, 0.3) is 6.71 Å². The number of hydrogen-bond donors (Lipinski definition) is 0. The van der Waals surface area contributed by atoms with Crippen molar-refractivity contribution in [3.63, 3.8) is 0 Å². The summed E-state index contributed by atoms with van der Waals surface area (Å²) in [4.78, 5) is 24.1. The second kappa shape index (κ2) is 9.26. The van der Waals surface area contributed by atoms with E-state index in [1.165, 1.54) is 12.2 Å². The van der Waals surface area contributed by atoms with E-state index in [1.807, 2.05) is 31.1 Å². The number of benzene rings is 1. The van der Waals surface area contributed by atoms with E-state index in [-0.39, 0.29) is 18.9 Å². The van der Waals surface area contributed by atoms with Crippen LogP contribution in [0.4, 0.5) is 5.69 Å². The van der Waals surface area contributed by atoms with Gasteiger partial charge in [-0.2, -0.15) is 0 Å². The van der Waals surface area contributed by atoms with E-state index < -0.39 is 5.97 Å². The van der Waals surface area contributed by atoms with Gasteiger partial charge in [0.1, 0.15) is 6.29 Å². The number of carbonyl (C=O) groups excluding carboxylic acids is 2. The van der Waals surface area contributed by atoms with E-state index in [1.54, 1.807) is 25.1 Å². The smallest absolute Gasteiger partial charge is 0.339 e. The number of allylic oxidation sites excluding steroid dienone is 1. The summed E-state index contributed by atoms with van der Waals surface area (Å²) in [5, 5.41) is 9.01. The van der Waals surface area contributed by atoms with Gasteiger partial charge in [-0.1, -0.05) is 24.4 Å². The second-order valence-corrected chi connectivity index (χ2v) is 4.86. The van der Waals surface area contributed by atoms with Gasteiger partial charge in [-0.3, -0.25) is 4.79 Å². The number of nitriles is 1. The zero-order valence-corrected chi connectivity index (χ0v) is 13.5. The Bertz CT molecular complexity index is 662. The minimum absolute atomic E-state index is 0.216. The topological polar surface area (TPSA) is 70.4 Å². The van der Waals surface area contributed by atoms with E-state index in [9.17, 15) is 9.59 Å². The van der Waals surface area contributed by atoms with Crippen LogP contribution in [0.1, 0.15) is 6.92 Å². The summed E-state index contributed by atoms with van der Waals surface area (Å²) in [5.74, 6) is 1.69. The number of rotatable bonds is 7. The number of aldehydes is 1. The molecule has 0 aliphatic heterocycles. The van der Waals surface area contributed by atoms with Crippen molar-refractivity contribution in [3.8, 4) is 5.97 Å². The maximum Gasteiger partial charge on any atom is 0.339 e. The minimum atomic E-state index is -0.501. The summed E-state index contributed by atoms with van der Waals surface area (Å²) in [6.07, 6.45) is 4.84. The van der Waals surface area contributed by atoms with E-state index >= 15 is 0 Å². The summed E-state index contributed by atoms with van der Waals surface area (Å²) >= 11 is 0. The molecule has 0 aliphatic carbocycles. The van der Waals surface area contributed by atoms with E-state index in [0.717, 1.165) is 11.2 Å². The zero-order chi connectivity index (χ0) is 17.2. The molecule has 0 heterocycles. The second-order valence-electron chi connectivity index (χ2n) is 4.86. The molecule has 1 aromatic rings. The fourth-order valence-electron chi connectivity index (χ4n) is 1.89. The Labute approximate surface area is 136 Å². The van der Waals surface area contributed by atoms with Crippen LogP contribution in [0.2, 0.25) is 6.82 Å². The van der Waals surface area contributed by atoms with Crippen molar-refractivity contribution in [1.29, 1.82) is 5.26 Å². The first-order valence-corrected chi connectivity index (χ1v) is 7.26. The molecular weight excluding hydrogens is 291 g/mol. The normalized spacial score (nSPS) is 11.0. The predicted molar refractivity (Wildman–Crippen MR) is 91.6 cm³/mol. The summed E-state index contributed by atoms with van der Waals surface area (Å²) in [6.45, 7) is 3.58. The van der Waals surface area contributed by atoms with Crippen LogP contribution >= 0.6 is 0 Å². The summed E-state index contributed by atoms with van der Waals surface area (Å²) < 4.78 is 4.97. The zero-order valence-electron chi connectivity index (χ0n) is 13.5. The van der Waals surface area contributed by atoms with Crippen LogP contribution in [0.5, 0.6) is 0 Å². The highest BCUT2D eigenvalue weighted by Crippen LogP contribution is 2.13. The van der Waals surface area contributed by atoms with E-state index in [2.05, 4.69) is 5.97 Å². The molecule has 0 N–H and O–H groups in total. The quantitative estimate of drug-likeness (QED) is 0.252. The fourth-order valence-corrected chi connectivity index (χ4v) is 1.89. The number of nitrogens with zero attached hydrogens (tertiary/aromatic N) is 2. The maximum absolute atomic E-state index is 11.9. The first-order chi connectivity index (χ1) is 11.0. The Morgan fingerprint density at radius 3 is 2.83 bits per heavy atom. The lowest BCUT2D eigenvalue weighted by Crippen LogP contribution is -2.25. The van der Waals surface area contributed by atoms with Crippen molar-refractivity contribution in [2.24, 2.45) is 0 Å². The first kappa shape index (κ1) is 18.2. The molecule has 1 rings (SSSR count). The number of ether oxygens (including phenoxy) is 1. The Balaban J connectivity index is 3.11. The number of carbonyl (C=O) groups is 2. The molecule has 0 amide bonds. The molecule has 23 heavy (non-hydrogen) atoms. The molecule has 0 fully saturated rings. The van der Waals surface area contributed by atoms with Gasteiger partial charge in [0.05, 0.1) is 12.2 Å². The highest BCUT2D eigenvalue weighted by molar-refractivity contribution is 6.78. The Morgan fingerprint density at radius 1 is 1.48 bits per heavy atom. The van der Waals surface area contributed by atoms with Crippen LogP contribution < -0.4 is 10.4 Å². The van der Waals surface area contributed by atoms with Crippen molar-refractivity contribution in [2.75, 3.05) is 18.6 Å². The van der Waals surface area contributed by atoms with Gasteiger partial charge < -0.3 is 9.64 Å². The van der Waals surface area contributed by atoms with E-state index in [0.29, 0.717) is 6.29 Å². The first-order valence-electron chi connectivity index (χ1n) is 7.26. The SMILES string of the molecule is CCOC(=O)C(/C=C\C=O)=C/N(C)c1cccc(B(C)C#N)c1. The monoisotopic (exact) mass is 310 g/mol. The van der Waals surface area contributed by atoms with Gasteiger partial charge >= 0.3 is 5.97 Å². The number of anilines is 1. The number of esters is 1. The third-order valence-electron chi connectivity index (χ3n) is 3.17. The summed E-state index contributed by atoms with van der Waals surface area (Å²) in [5.41, 5.74) is 1.98. The number of hydrogen-bond acceptors (Lipinski definition) is 5.